The minimum Gasteiger partial charge on any atom is -0.460 e. The van der Waals surface area contributed by atoms with Crippen LogP contribution in [0.25, 0.3) is 11.0 Å². The van der Waals surface area contributed by atoms with Crippen LogP contribution in [-0.2, 0) is 19.6 Å². The molecule has 9 nitrogen and oxygen atoms in total. The fourth-order valence-corrected chi connectivity index (χ4v) is 5.67. The molecule has 10 heteroatoms. The summed E-state index contributed by atoms with van der Waals surface area (Å²) < 4.78 is 33.2. The molecule has 0 N–H and O–H groups in total. The van der Waals surface area contributed by atoms with Gasteiger partial charge < -0.3 is 4.74 Å². The van der Waals surface area contributed by atoms with Gasteiger partial charge in [-0.3, -0.25) is 9.80 Å². The van der Waals surface area contributed by atoms with Gasteiger partial charge in [0.2, 0.25) is 0 Å². The monoisotopic (exact) mass is 499 g/mol. The third kappa shape index (κ3) is 5.48. The Bertz CT molecular complexity index is 1300. The zero-order valence-electron chi connectivity index (χ0n) is 20.9. The SMILES string of the molecule is Cc1ccc(S(=O)(=O)n2ccc3c(N(C)N4CCC(CC(=O)OC(C)(C)C)CC4)ncnc32)cc1. The minimum absolute atomic E-state index is 0.155. The number of carbonyl (C=O) groups excluding carboxylic acids is 1. The van der Waals surface area contributed by atoms with Gasteiger partial charge in [-0.15, -0.1) is 0 Å². The predicted octanol–water partition coefficient (Wildman–Crippen LogP) is 3.77. The number of hydrogen-bond donors (Lipinski definition) is 0. The Morgan fingerprint density at radius 3 is 2.40 bits per heavy atom. The largest absolute Gasteiger partial charge is 0.460 e. The third-order valence-electron chi connectivity index (χ3n) is 6.20. The van der Waals surface area contributed by atoms with Crippen molar-refractivity contribution in [1.29, 1.82) is 0 Å². The van der Waals surface area contributed by atoms with E-state index in [9.17, 15) is 13.2 Å². The molecule has 0 aliphatic carbocycles. The van der Waals surface area contributed by atoms with Gasteiger partial charge in [0.1, 0.15) is 11.9 Å². The molecule has 0 amide bonds. The third-order valence-corrected chi connectivity index (χ3v) is 7.88. The Balaban J connectivity index is 1.50. The summed E-state index contributed by atoms with van der Waals surface area (Å²) in [6.07, 6.45) is 5.07. The summed E-state index contributed by atoms with van der Waals surface area (Å²) in [6.45, 7) is 9.07. The standard InChI is InChI=1S/C25H33N5O4S/c1-18-6-8-20(9-7-18)35(32,33)30-15-12-21-23(26-17-27-24(21)30)28(5)29-13-10-19(11-14-29)16-22(31)34-25(2,3)4/h6-9,12,15,17,19H,10-11,13-14,16H2,1-5H3. The van der Waals surface area contributed by atoms with E-state index in [1.807, 2.05) is 39.8 Å². The number of aryl methyl sites for hydroxylation is 1. The lowest BCUT2D eigenvalue weighted by atomic mass is 9.94. The van der Waals surface area contributed by atoms with Crippen LogP contribution in [0.1, 0.15) is 45.6 Å². The number of rotatable bonds is 6. The second-order valence-electron chi connectivity index (χ2n) is 10.1. The highest BCUT2D eigenvalue weighted by molar-refractivity contribution is 7.90. The lowest BCUT2D eigenvalue weighted by Crippen LogP contribution is -2.46. The molecule has 3 aromatic rings. The highest BCUT2D eigenvalue weighted by Gasteiger charge is 2.28. The fourth-order valence-electron chi connectivity index (χ4n) is 4.37. The first-order chi connectivity index (χ1) is 16.5. The Morgan fingerprint density at radius 2 is 1.77 bits per heavy atom. The van der Waals surface area contributed by atoms with Crippen LogP contribution in [-0.4, -0.2) is 59.1 Å². The van der Waals surface area contributed by atoms with Crippen molar-refractivity contribution in [2.45, 2.75) is 57.5 Å². The van der Waals surface area contributed by atoms with Crippen LogP contribution in [0.3, 0.4) is 0 Å². The van der Waals surface area contributed by atoms with Gasteiger partial charge in [0, 0.05) is 32.8 Å². The van der Waals surface area contributed by atoms with E-state index in [-0.39, 0.29) is 16.8 Å². The molecule has 1 aliphatic heterocycles. The number of aromatic nitrogens is 3. The molecule has 0 radical (unpaired) electrons. The normalized spacial score (nSPS) is 15.9. The molecule has 35 heavy (non-hydrogen) atoms. The number of piperidine rings is 1. The van der Waals surface area contributed by atoms with Gasteiger partial charge >= 0.3 is 5.97 Å². The molecular weight excluding hydrogens is 466 g/mol. The van der Waals surface area contributed by atoms with Crippen LogP contribution >= 0.6 is 0 Å². The van der Waals surface area contributed by atoms with Crippen molar-refractivity contribution >= 4 is 32.8 Å². The first-order valence-corrected chi connectivity index (χ1v) is 13.2. The minimum atomic E-state index is -3.79. The number of fused-ring (bicyclic) bond motifs is 1. The van der Waals surface area contributed by atoms with E-state index in [4.69, 9.17) is 4.74 Å². The number of hydrazine groups is 1. The zero-order valence-corrected chi connectivity index (χ0v) is 21.7. The van der Waals surface area contributed by atoms with Gasteiger partial charge in [0.05, 0.1) is 10.3 Å². The molecule has 1 fully saturated rings. The van der Waals surface area contributed by atoms with Crippen molar-refractivity contribution in [2.24, 2.45) is 5.92 Å². The van der Waals surface area contributed by atoms with E-state index in [1.165, 1.54) is 16.5 Å². The molecule has 1 saturated heterocycles. The lowest BCUT2D eigenvalue weighted by Gasteiger charge is -2.38. The van der Waals surface area contributed by atoms with E-state index < -0.39 is 15.6 Å². The maximum absolute atomic E-state index is 13.3. The van der Waals surface area contributed by atoms with Crippen LogP contribution in [0.2, 0.25) is 0 Å². The molecule has 0 unspecified atom stereocenters. The van der Waals surface area contributed by atoms with Crippen molar-refractivity contribution < 1.29 is 17.9 Å². The maximum atomic E-state index is 13.3. The molecule has 0 atom stereocenters. The van der Waals surface area contributed by atoms with Gasteiger partial charge in [0.25, 0.3) is 10.0 Å². The molecule has 1 aliphatic rings. The number of ether oxygens (including phenoxy) is 1. The smallest absolute Gasteiger partial charge is 0.306 e. The van der Waals surface area contributed by atoms with Gasteiger partial charge in [0.15, 0.2) is 11.5 Å². The van der Waals surface area contributed by atoms with Gasteiger partial charge in [-0.2, -0.15) is 0 Å². The quantitative estimate of drug-likeness (QED) is 0.473. The van der Waals surface area contributed by atoms with Crippen molar-refractivity contribution in [1.82, 2.24) is 18.9 Å². The molecule has 3 heterocycles. The number of esters is 1. The van der Waals surface area contributed by atoms with Crippen LogP contribution in [0.15, 0.2) is 47.8 Å². The molecular formula is C25H33N5O4S. The molecule has 2 aromatic heterocycles. The van der Waals surface area contributed by atoms with Crippen LogP contribution < -0.4 is 5.01 Å². The molecule has 188 valence electrons. The average Bonchev–Trinajstić information content (AvgIpc) is 3.23. The van der Waals surface area contributed by atoms with E-state index >= 15 is 0 Å². The Labute approximate surface area is 206 Å². The second kappa shape index (κ2) is 9.58. The summed E-state index contributed by atoms with van der Waals surface area (Å²) in [6, 6.07) is 8.50. The number of hydrogen-bond acceptors (Lipinski definition) is 8. The maximum Gasteiger partial charge on any atom is 0.306 e. The molecule has 0 bridgehead atoms. The highest BCUT2D eigenvalue weighted by atomic mass is 32.2. The van der Waals surface area contributed by atoms with Gasteiger partial charge in [-0.05, 0) is 64.7 Å². The van der Waals surface area contributed by atoms with Crippen molar-refractivity contribution in [3.8, 4) is 0 Å². The van der Waals surface area contributed by atoms with Crippen LogP contribution in [0, 0.1) is 12.8 Å². The number of nitrogens with zero attached hydrogens (tertiary/aromatic N) is 5. The summed E-state index contributed by atoms with van der Waals surface area (Å²) in [5.41, 5.74) is 0.851. The second-order valence-corrected chi connectivity index (χ2v) is 11.9. The average molecular weight is 500 g/mol. The summed E-state index contributed by atoms with van der Waals surface area (Å²) in [4.78, 5) is 21.2. The lowest BCUT2D eigenvalue weighted by molar-refractivity contribution is -0.156. The Morgan fingerprint density at radius 1 is 1.11 bits per heavy atom. The zero-order chi connectivity index (χ0) is 25.4. The summed E-state index contributed by atoms with van der Waals surface area (Å²) >= 11 is 0. The summed E-state index contributed by atoms with van der Waals surface area (Å²) in [7, 11) is -1.87. The number of benzene rings is 1. The van der Waals surface area contributed by atoms with Crippen molar-refractivity contribution in [2.75, 3.05) is 25.1 Å². The van der Waals surface area contributed by atoms with E-state index in [0.29, 0.717) is 23.3 Å². The molecule has 1 aromatic carbocycles. The number of carbonyl (C=O) groups is 1. The molecule has 4 rings (SSSR count). The Kier molecular flexibility index (Phi) is 6.88. The van der Waals surface area contributed by atoms with Crippen LogP contribution in [0.4, 0.5) is 5.82 Å². The van der Waals surface area contributed by atoms with Crippen LogP contribution in [0.5, 0.6) is 0 Å². The first-order valence-electron chi connectivity index (χ1n) is 11.8. The predicted molar refractivity (Wildman–Crippen MR) is 134 cm³/mol. The van der Waals surface area contributed by atoms with Crippen molar-refractivity contribution in [3.63, 3.8) is 0 Å². The van der Waals surface area contributed by atoms with Crippen molar-refractivity contribution in [3.05, 3.63) is 48.4 Å². The first kappa shape index (κ1) is 25.1. The summed E-state index contributed by atoms with van der Waals surface area (Å²) in [5.74, 6) is 0.761. The van der Waals surface area contributed by atoms with E-state index in [0.717, 1.165) is 31.5 Å². The highest BCUT2D eigenvalue weighted by Crippen LogP contribution is 2.29. The number of anilines is 1. The molecule has 0 spiro atoms. The topological polar surface area (TPSA) is 97.6 Å². The molecule has 0 saturated carbocycles. The Hall–Kier alpha value is -2.98. The summed E-state index contributed by atoms with van der Waals surface area (Å²) in [5, 5.41) is 4.77. The van der Waals surface area contributed by atoms with Gasteiger partial charge in [-0.25, -0.2) is 27.4 Å². The van der Waals surface area contributed by atoms with Gasteiger partial charge in [-0.1, -0.05) is 17.7 Å². The van der Waals surface area contributed by atoms with E-state index in [2.05, 4.69) is 15.0 Å². The van der Waals surface area contributed by atoms with E-state index in [1.54, 1.807) is 30.3 Å². The fraction of sp³-hybridized carbons (Fsp3) is 0.480.